The van der Waals surface area contributed by atoms with Gasteiger partial charge in [0.05, 0.1) is 41.9 Å². The van der Waals surface area contributed by atoms with Gasteiger partial charge < -0.3 is 14.7 Å². The molecule has 8 nitrogen and oxygen atoms in total. The summed E-state index contributed by atoms with van der Waals surface area (Å²) in [5.41, 5.74) is 3.25. The quantitative estimate of drug-likeness (QED) is 0.599. The van der Waals surface area contributed by atoms with E-state index in [0.717, 1.165) is 17.1 Å². The molecule has 3 heterocycles. The summed E-state index contributed by atoms with van der Waals surface area (Å²) in [6, 6.07) is 11.4. The van der Waals surface area contributed by atoms with E-state index >= 15 is 0 Å². The van der Waals surface area contributed by atoms with Crippen LogP contribution in [0, 0.1) is 18.3 Å². The molecule has 0 bridgehead atoms. The third-order valence-electron chi connectivity index (χ3n) is 5.80. The van der Waals surface area contributed by atoms with Crippen LogP contribution in [-0.4, -0.2) is 52.0 Å². The number of carbonyl (C=O) groups excluding carboxylic acids is 1. The normalized spacial score (nSPS) is 14.2. The van der Waals surface area contributed by atoms with Gasteiger partial charge in [-0.2, -0.15) is 10.4 Å². The number of hydrogen-bond donors (Lipinski definition) is 1. The zero-order chi connectivity index (χ0) is 22.7. The third-order valence-corrected chi connectivity index (χ3v) is 5.80. The molecule has 2 aromatic heterocycles. The van der Waals surface area contributed by atoms with Crippen LogP contribution in [0.1, 0.15) is 40.0 Å². The Kier molecular flexibility index (Phi) is 6.19. The second kappa shape index (κ2) is 9.20. The molecule has 0 atom stereocenters. The summed E-state index contributed by atoms with van der Waals surface area (Å²) < 4.78 is 6.91. The van der Waals surface area contributed by atoms with Crippen LogP contribution in [0.3, 0.4) is 0 Å². The molecule has 0 saturated carbocycles. The number of ether oxygens (including phenoxy) is 1. The summed E-state index contributed by atoms with van der Waals surface area (Å²) in [6.45, 7) is 3.17. The number of aliphatic hydroxyl groups is 1. The number of ketones is 1. The average molecular weight is 431 g/mol. The summed E-state index contributed by atoms with van der Waals surface area (Å²) in [6.07, 6.45) is 4.39. The molecule has 164 valence electrons. The summed E-state index contributed by atoms with van der Waals surface area (Å²) in [5, 5.41) is 23.7. The number of aliphatic hydroxyl groups excluding tert-OH is 1. The molecule has 1 fully saturated rings. The number of aromatic nitrogens is 3. The maximum absolute atomic E-state index is 13.0. The molecule has 0 spiro atoms. The van der Waals surface area contributed by atoms with Crippen molar-refractivity contribution in [2.24, 2.45) is 0 Å². The average Bonchev–Trinajstić information content (AvgIpc) is 3.21. The van der Waals surface area contributed by atoms with Crippen molar-refractivity contribution in [3.8, 4) is 17.5 Å². The fourth-order valence-electron chi connectivity index (χ4n) is 3.96. The molecule has 0 aliphatic carbocycles. The molecule has 3 aromatic rings. The number of piperidine rings is 1. The highest BCUT2D eigenvalue weighted by Gasteiger charge is 2.22. The van der Waals surface area contributed by atoms with E-state index in [1.165, 1.54) is 0 Å². The first-order valence-corrected chi connectivity index (χ1v) is 10.5. The SMILES string of the molecule is COc1ccc(-n2ncc(C(=O)Cc3cnc(N4CCC(O)CC4)c(C#N)c3)c2C)cc1. The Morgan fingerprint density at radius 3 is 2.62 bits per heavy atom. The third kappa shape index (κ3) is 4.34. The van der Waals surface area contributed by atoms with E-state index < -0.39 is 0 Å². The molecular weight excluding hydrogens is 406 g/mol. The zero-order valence-corrected chi connectivity index (χ0v) is 18.2. The minimum atomic E-state index is -0.296. The van der Waals surface area contributed by atoms with Crippen molar-refractivity contribution >= 4 is 11.6 Å². The molecule has 0 unspecified atom stereocenters. The lowest BCUT2D eigenvalue weighted by molar-refractivity contribution is 0.0992. The van der Waals surface area contributed by atoms with Crippen molar-refractivity contribution in [3.63, 3.8) is 0 Å². The van der Waals surface area contributed by atoms with Crippen LogP contribution in [0.4, 0.5) is 5.82 Å². The van der Waals surface area contributed by atoms with Crippen LogP contribution in [0.2, 0.25) is 0 Å². The Balaban J connectivity index is 1.51. The minimum Gasteiger partial charge on any atom is -0.497 e. The summed E-state index contributed by atoms with van der Waals surface area (Å²) in [5.74, 6) is 1.28. The van der Waals surface area contributed by atoms with E-state index in [4.69, 9.17) is 4.74 Å². The highest BCUT2D eigenvalue weighted by Crippen LogP contribution is 2.24. The van der Waals surface area contributed by atoms with Crippen molar-refractivity contribution in [3.05, 3.63) is 65.1 Å². The van der Waals surface area contributed by atoms with Crippen molar-refractivity contribution in [1.82, 2.24) is 14.8 Å². The van der Waals surface area contributed by atoms with Crippen LogP contribution < -0.4 is 9.64 Å². The van der Waals surface area contributed by atoms with Crippen LogP contribution in [0.25, 0.3) is 5.69 Å². The highest BCUT2D eigenvalue weighted by molar-refractivity contribution is 5.98. The number of nitriles is 1. The predicted octanol–water partition coefficient (Wildman–Crippen LogP) is 2.84. The van der Waals surface area contributed by atoms with Crippen LogP contribution in [-0.2, 0) is 6.42 Å². The van der Waals surface area contributed by atoms with Gasteiger partial charge in [-0.15, -0.1) is 0 Å². The van der Waals surface area contributed by atoms with E-state index in [1.54, 1.807) is 30.3 Å². The van der Waals surface area contributed by atoms with Gasteiger partial charge in [-0.05, 0) is 55.7 Å². The van der Waals surface area contributed by atoms with Gasteiger partial charge in [-0.1, -0.05) is 0 Å². The Bertz CT molecular complexity index is 1160. The number of rotatable bonds is 6. The number of benzene rings is 1. The number of methoxy groups -OCH3 is 1. The van der Waals surface area contributed by atoms with E-state index in [9.17, 15) is 15.2 Å². The monoisotopic (exact) mass is 431 g/mol. The number of hydrogen-bond acceptors (Lipinski definition) is 7. The molecule has 1 aliphatic rings. The van der Waals surface area contributed by atoms with Gasteiger partial charge in [0.2, 0.25) is 0 Å². The lowest BCUT2D eigenvalue weighted by Crippen LogP contribution is -2.36. The Morgan fingerprint density at radius 2 is 1.97 bits per heavy atom. The maximum Gasteiger partial charge on any atom is 0.170 e. The Morgan fingerprint density at radius 1 is 1.25 bits per heavy atom. The molecule has 1 saturated heterocycles. The van der Waals surface area contributed by atoms with Crippen molar-refractivity contribution in [2.45, 2.75) is 32.3 Å². The van der Waals surface area contributed by atoms with Gasteiger partial charge in [-0.25, -0.2) is 9.67 Å². The van der Waals surface area contributed by atoms with Crippen molar-refractivity contribution in [2.75, 3.05) is 25.1 Å². The van der Waals surface area contributed by atoms with Gasteiger partial charge in [0, 0.05) is 25.7 Å². The molecule has 1 N–H and O–H groups in total. The Labute approximate surface area is 186 Å². The van der Waals surface area contributed by atoms with E-state index in [-0.39, 0.29) is 18.3 Å². The second-order valence-corrected chi connectivity index (χ2v) is 7.90. The summed E-state index contributed by atoms with van der Waals surface area (Å²) in [7, 11) is 1.61. The van der Waals surface area contributed by atoms with Crippen LogP contribution in [0.5, 0.6) is 5.75 Å². The molecule has 32 heavy (non-hydrogen) atoms. The van der Waals surface area contributed by atoms with Crippen LogP contribution >= 0.6 is 0 Å². The second-order valence-electron chi connectivity index (χ2n) is 7.90. The fourth-order valence-corrected chi connectivity index (χ4v) is 3.96. The summed E-state index contributed by atoms with van der Waals surface area (Å²) in [4.78, 5) is 19.5. The van der Waals surface area contributed by atoms with Gasteiger partial charge >= 0.3 is 0 Å². The maximum atomic E-state index is 13.0. The fraction of sp³-hybridized carbons (Fsp3) is 0.333. The van der Waals surface area contributed by atoms with Crippen molar-refractivity contribution < 1.29 is 14.6 Å². The molecule has 8 heteroatoms. The van der Waals surface area contributed by atoms with E-state index in [0.29, 0.717) is 48.4 Å². The molecule has 4 rings (SSSR count). The highest BCUT2D eigenvalue weighted by atomic mass is 16.5. The smallest absolute Gasteiger partial charge is 0.170 e. The standard InChI is InChI=1S/C24H25N5O3/c1-16-22(15-27-29(16)19-3-5-21(32-2)6-4-19)23(31)12-17-11-18(13-25)24(26-14-17)28-9-7-20(30)8-10-28/h3-6,11,14-15,20,30H,7-10,12H2,1-2H3. The molecule has 1 aliphatic heterocycles. The van der Waals surface area contributed by atoms with Gasteiger partial charge in [0.15, 0.2) is 5.78 Å². The number of nitrogens with zero attached hydrogens (tertiary/aromatic N) is 5. The number of carbonyl (C=O) groups is 1. The van der Waals surface area contributed by atoms with Crippen molar-refractivity contribution in [1.29, 1.82) is 5.26 Å². The zero-order valence-electron chi connectivity index (χ0n) is 18.2. The predicted molar refractivity (Wildman–Crippen MR) is 119 cm³/mol. The lowest BCUT2D eigenvalue weighted by Gasteiger charge is -2.31. The van der Waals surface area contributed by atoms with Crippen LogP contribution in [0.15, 0.2) is 42.7 Å². The van der Waals surface area contributed by atoms with E-state index in [1.807, 2.05) is 36.1 Å². The van der Waals surface area contributed by atoms with E-state index in [2.05, 4.69) is 16.2 Å². The summed E-state index contributed by atoms with van der Waals surface area (Å²) >= 11 is 0. The van der Waals surface area contributed by atoms with Gasteiger partial charge in [0.25, 0.3) is 0 Å². The minimum absolute atomic E-state index is 0.0817. The lowest BCUT2D eigenvalue weighted by atomic mass is 10.0. The number of anilines is 1. The largest absolute Gasteiger partial charge is 0.497 e. The molecular formula is C24H25N5O3. The first kappa shape index (κ1) is 21.5. The first-order valence-electron chi connectivity index (χ1n) is 10.5. The molecule has 0 radical (unpaired) electrons. The number of pyridine rings is 1. The molecule has 0 amide bonds. The van der Waals surface area contributed by atoms with Gasteiger partial charge in [-0.3, -0.25) is 4.79 Å². The molecule has 1 aromatic carbocycles. The Hall–Kier alpha value is -3.70. The topological polar surface area (TPSA) is 104 Å². The van der Waals surface area contributed by atoms with Gasteiger partial charge in [0.1, 0.15) is 17.6 Å². The number of Topliss-reactive ketones (excluding diaryl/α,β-unsaturated/α-hetero) is 1. The first-order chi connectivity index (χ1) is 15.5.